The van der Waals surface area contributed by atoms with Gasteiger partial charge in [0.1, 0.15) is 5.82 Å². The van der Waals surface area contributed by atoms with E-state index in [0.717, 1.165) is 5.69 Å². The Balaban J connectivity index is 1.55. The second kappa shape index (κ2) is 9.44. The topological polar surface area (TPSA) is 115 Å². The van der Waals surface area contributed by atoms with E-state index in [0.29, 0.717) is 43.6 Å². The zero-order chi connectivity index (χ0) is 24.4. The van der Waals surface area contributed by atoms with Gasteiger partial charge < -0.3 is 9.64 Å². The van der Waals surface area contributed by atoms with Gasteiger partial charge in [-0.15, -0.1) is 15.3 Å². The van der Waals surface area contributed by atoms with Crippen LogP contribution >= 0.6 is 0 Å². The van der Waals surface area contributed by atoms with Crippen LogP contribution in [0.15, 0.2) is 54.6 Å². The van der Waals surface area contributed by atoms with Crippen LogP contribution in [0.2, 0.25) is 0 Å². The first-order chi connectivity index (χ1) is 17.1. The van der Waals surface area contributed by atoms with E-state index in [2.05, 4.69) is 26.6 Å². The highest BCUT2D eigenvalue weighted by atomic mass is 19.1. The van der Waals surface area contributed by atoms with Crippen LogP contribution in [0.5, 0.6) is 0 Å². The number of hydrogen-bond donors (Lipinski definition) is 0. The molecule has 4 aromatic rings. The molecule has 11 heteroatoms. The zero-order valence-corrected chi connectivity index (χ0v) is 18.9. The molecule has 176 valence electrons. The van der Waals surface area contributed by atoms with Crippen molar-refractivity contribution >= 4 is 11.7 Å². The van der Waals surface area contributed by atoms with Gasteiger partial charge in [0, 0.05) is 13.1 Å². The first kappa shape index (κ1) is 22.4. The molecule has 1 aliphatic rings. The number of halogens is 1. The average molecular weight is 472 g/mol. The molecule has 0 amide bonds. The Kier molecular flexibility index (Phi) is 6.03. The largest absolute Gasteiger partial charge is 0.378 e. The van der Waals surface area contributed by atoms with E-state index in [1.165, 1.54) is 28.9 Å². The molecule has 1 fully saturated rings. The van der Waals surface area contributed by atoms with Crippen LogP contribution in [0.1, 0.15) is 27.9 Å². The number of nitrogens with zero attached hydrogens (tertiary/aromatic N) is 8. The normalized spacial score (nSPS) is 14.5. The first-order valence-corrected chi connectivity index (χ1v) is 11.0. The molecule has 1 aliphatic heterocycles. The summed E-state index contributed by atoms with van der Waals surface area (Å²) < 4.78 is 21.9. The van der Waals surface area contributed by atoms with Crippen molar-refractivity contribution < 1.29 is 13.9 Å². The van der Waals surface area contributed by atoms with E-state index < -0.39 is 11.7 Å². The summed E-state index contributed by atoms with van der Waals surface area (Å²) in [5, 5.41) is 26.8. The summed E-state index contributed by atoms with van der Waals surface area (Å²) in [6, 6.07) is 17.1. The van der Waals surface area contributed by atoms with Gasteiger partial charge in [-0.05, 0) is 43.3 Å². The molecular weight excluding hydrogens is 451 g/mol. The molecule has 1 atom stereocenters. The number of morpholine rings is 1. The summed E-state index contributed by atoms with van der Waals surface area (Å²) in [6.07, 6.45) is 0. The van der Waals surface area contributed by atoms with Gasteiger partial charge in [0.25, 0.3) is 0 Å². The van der Waals surface area contributed by atoms with Gasteiger partial charge in [-0.25, -0.2) is 9.07 Å². The van der Waals surface area contributed by atoms with Crippen LogP contribution in [0.3, 0.4) is 0 Å². The minimum absolute atomic E-state index is 0.0383. The Labute approximate surface area is 200 Å². The number of Topliss-reactive ketones (excluding diaryl/α,β-unsaturated/α-hetero) is 1. The van der Waals surface area contributed by atoms with Crippen LogP contribution in [-0.4, -0.2) is 61.8 Å². The lowest BCUT2D eigenvalue weighted by Gasteiger charge is -2.28. The summed E-state index contributed by atoms with van der Waals surface area (Å²) in [5.74, 6) is -1.47. The van der Waals surface area contributed by atoms with E-state index in [-0.39, 0.29) is 17.3 Å². The molecular formula is C24H21FN8O2. The lowest BCUT2D eigenvalue weighted by atomic mass is 10.0. The summed E-state index contributed by atoms with van der Waals surface area (Å²) in [5.41, 5.74) is 1.75. The minimum Gasteiger partial charge on any atom is -0.378 e. The van der Waals surface area contributed by atoms with E-state index in [9.17, 15) is 14.4 Å². The molecule has 0 aliphatic carbocycles. The van der Waals surface area contributed by atoms with Crippen molar-refractivity contribution in [1.29, 1.82) is 5.26 Å². The maximum absolute atomic E-state index is 13.6. The monoisotopic (exact) mass is 472 g/mol. The smallest absolute Gasteiger partial charge is 0.232 e. The van der Waals surface area contributed by atoms with Crippen LogP contribution in [0.4, 0.5) is 10.3 Å². The first-order valence-electron chi connectivity index (χ1n) is 11.0. The van der Waals surface area contributed by atoms with Crippen LogP contribution in [0, 0.1) is 24.1 Å². The molecule has 35 heavy (non-hydrogen) atoms. The van der Waals surface area contributed by atoms with E-state index in [1.807, 2.05) is 35.2 Å². The number of anilines is 1. The second-order valence-corrected chi connectivity index (χ2v) is 7.97. The van der Waals surface area contributed by atoms with E-state index >= 15 is 0 Å². The molecule has 0 bridgehead atoms. The van der Waals surface area contributed by atoms with Gasteiger partial charge in [-0.2, -0.15) is 5.26 Å². The standard InChI is InChI=1S/C24H21FN8O2/c1-16-21(27-30-33(16)19-9-7-17(25)8-10-19)22(34)20(15-26)23-28-29-24(31-11-13-35-14-12-31)32(23)18-5-3-2-4-6-18/h2-10,20H,11-14H2,1H3/t20-/m0/s1. The highest BCUT2D eigenvalue weighted by Gasteiger charge is 2.34. The van der Waals surface area contributed by atoms with Crippen molar-refractivity contribution in [2.75, 3.05) is 31.2 Å². The molecule has 0 N–H and O–H groups in total. The maximum Gasteiger partial charge on any atom is 0.232 e. The fraction of sp³-hybridized carbons (Fsp3) is 0.250. The molecule has 0 radical (unpaired) electrons. The van der Waals surface area contributed by atoms with E-state index in [4.69, 9.17) is 4.74 Å². The fourth-order valence-corrected chi connectivity index (χ4v) is 4.02. The Morgan fingerprint density at radius 1 is 1.03 bits per heavy atom. The Morgan fingerprint density at radius 2 is 1.74 bits per heavy atom. The second-order valence-electron chi connectivity index (χ2n) is 7.97. The summed E-state index contributed by atoms with van der Waals surface area (Å²) in [6.45, 7) is 3.99. The van der Waals surface area contributed by atoms with Crippen molar-refractivity contribution in [1.82, 2.24) is 29.8 Å². The highest BCUT2D eigenvalue weighted by molar-refractivity contribution is 6.01. The fourth-order valence-electron chi connectivity index (χ4n) is 4.02. The van der Waals surface area contributed by atoms with Gasteiger partial charge in [-0.1, -0.05) is 23.4 Å². The number of carbonyl (C=O) groups excluding carboxylic acids is 1. The summed E-state index contributed by atoms with van der Waals surface area (Å²) >= 11 is 0. The van der Waals surface area contributed by atoms with Crippen molar-refractivity contribution in [3.63, 3.8) is 0 Å². The molecule has 2 aromatic heterocycles. The van der Waals surface area contributed by atoms with Crippen molar-refractivity contribution in [2.45, 2.75) is 12.8 Å². The van der Waals surface area contributed by atoms with Gasteiger partial charge in [0.05, 0.1) is 36.4 Å². The van der Waals surface area contributed by atoms with Crippen LogP contribution in [-0.2, 0) is 4.74 Å². The summed E-state index contributed by atoms with van der Waals surface area (Å²) in [4.78, 5) is 15.6. The number of ketones is 1. The maximum atomic E-state index is 13.6. The lowest BCUT2D eigenvalue weighted by Crippen LogP contribution is -2.38. The predicted molar refractivity (Wildman–Crippen MR) is 123 cm³/mol. The minimum atomic E-state index is -1.27. The quantitative estimate of drug-likeness (QED) is 0.394. The number of benzene rings is 2. The molecule has 1 saturated heterocycles. The third-order valence-corrected chi connectivity index (χ3v) is 5.83. The molecule has 0 spiro atoms. The Morgan fingerprint density at radius 3 is 2.43 bits per heavy atom. The van der Waals surface area contributed by atoms with Crippen molar-refractivity contribution in [3.05, 3.63) is 77.6 Å². The third kappa shape index (κ3) is 4.15. The number of carbonyl (C=O) groups is 1. The van der Waals surface area contributed by atoms with Crippen molar-refractivity contribution in [3.8, 4) is 17.4 Å². The lowest BCUT2D eigenvalue weighted by molar-refractivity contribution is 0.0970. The number of aromatic nitrogens is 6. The number of hydrogen-bond acceptors (Lipinski definition) is 8. The Bertz CT molecular complexity index is 1390. The molecule has 3 heterocycles. The van der Waals surface area contributed by atoms with Gasteiger partial charge in [-0.3, -0.25) is 9.36 Å². The number of rotatable bonds is 6. The molecule has 2 aromatic carbocycles. The third-order valence-electron chi connectivity index (χ3n) is 5.83. The molecule has 0 saturated carbocycles. The van der Waals surface area contributed by atoms with Crippen LogP contribution in [0.25, 0.3) is 11.4 Å². The number of para-hydroxylation sites is 1. The zero-order valence-electron chi connectivity index (χ0n) is 18.9. The van der Waals surface area contributed by atoms with Gasteiger partial charge >= 0.3 is 0 Å². The van der Waals surface area contributed by atoms with Crippen molar-refractivity contribution in [2.24, 2.45) is 0 Å². The van der Waals surface area contributed by atoms with Gasteiger partial charge in [0.2, 0.25) is 11.7 Å². The molecule has 0 unspecified atom stereocenters. The Hall–Kier alpha value is -4.43. The highest BCUT2D eigenvalue weighted by Crippen LogP contribution is 2.28. The molecule has 10 nitrogen and oxygen atoms in total. The SMILES string of the molecule is Cc1c(C(=O)[C@H](C#N)c2nnc(N3CCOCC3)n2-c2ccccc2)nnn1-c1ccc(F)cc1. The van der Waals surface area contributed by atoms with Gasteiger partial charge in [0.15, 0.2) is 17.4 Å². The summed E-state index contributed by atoms with van der Waals surface area (Å²) in [7, 11) is 0. The molecule has 5 rings (SSSR count). The van der Waals surface area contributed by atoms with E-state index in [1.54, 1.807) is 11.5 Å². The number of ether oxygens (including phenoxy) is 1. The average Bonchev–Trinajstić information content (AvgIpc) is 3.50. The number of nitriles is 1. The predicted octanol–water partition coefficient (Wildman–Crippen LogP) is 2.62. The van der Waals surface area contributed by atoms with Crippen LogP contribution < -0.4 is 4.90 Å².